The van der Waals surface area contributed by atoms with Crippen molar-refractivity contribution in [3.63, 3.8) is 0 Å². The predicted molar refractivity (Wildman–Crippen MR) is 126 cm³/mol. The van der Waals surface area contributed by atoms with Gasteiger partial charge in [0.15, 0.2) is 0 Å². The van der Waals surface area contributed by atoms with Gasteiger partial charge in [0.2, 0.25) is 0 Å². The first kappa shape index (κ1) is 24.2. The molecule has 0 aromatic heterocycles. The van der Waals surface area contributed by atoms with Crippen LogP contribution in [0.3, 0.4) is 0 Å². The molecular weight excluding hydrogens is 445 g/mol. The third-order valence-corrected chi connectivity index (χ3v) is 6.82. The number of amides is 1. The Morgan fingerprint density at radius 3 is 2.12 bits per heavy atom. The zero-order valence-corrected chi connectivity index (χ0v) is 19.5. The summed E-state index contributed by atoms with van der Waals surface area (Å²) in [6.45, 7) is 0.266. The van der Waals surface area contributed by atoms with Gasteiger partial charge in [-0.15, -0.1) is 0 Å². The van der Waals surface area contributed by atoms with Gasteiger partial charge in [0.1, 0.15) is 11.6 Å². The highest BCUT2D eigenvalue weighted by molar-refractivity contribution is 7.90. The normalized spacial score (nSPS) is 11.3. The van der Waals surface area contributed by atoms with E-state index in [0.29, 0.717) is 17.7 Å². The second-order valence-corrected chi connectivity index (χ2v) is 9.54. The fourth-order valence-corrected chi connectivity index (χ4v) is 4.20. The number of halogens is 1. The lowest BCUT2D eigenvalue weighted by Crippen LogP contribution is -2.40. The average Bonchev–Trinajstić information content (AvgIpc) is 2.82. The number of ether oxygens (including phenoxy) is 1. The molecule has 0 saturated heterocycles. The summed E-state index contributed by atoms with van der Waals surface area (Å²) in [7, 11) is 0.421. The summed E-state index contributed by atoms with van der Waals surface area (Å²) in [5.74, 6) is -0.164. The van der Waals surface area contributed by atoms with Crippen molar-refractivity contribution in [3.05, 3.63) is 95.3 Å². The van der Waals surface area contributed by atoms with Crippen LogP contribution in [0.5, 0.6) is 5.75 Å². The number of nitrogens with zero attached hydrogens (tertiary/aromatic N) is 2. The van der Waals surface area contributed by atoms with Crippen LogP contribution in [0, 0.1) is 5.82 Å². The van der Waals surface area contributed by atoms with E-state index >= 15 is 0 Å². The molecule has 3 rings (SSSR count). The third-order valence-electron chi connectivity index (χ3n) is 5.02. The maximum atomic E-state index is 14.4. The second-order valence-electron chi connectivity index (χ2n) is 7.48. The van der Waals surface area contributed by atoms with Crippen molar-refractivity contribution in [2.45, 2.75) is 13.1 Å². The van der Waals surface area contributed by atoms with Crippen LogP contribution < -0.4 is 14.4 Å². The predicted octanol–water partition coefficient (Wildman–Crippen LogP) is 3.58. The highest BCUT2D eigenvalue weighted by Crippen LogP contribution is 2.25. The average molecular weight is 472 g/mol. The topological polar surface area (TPSA) is 79.0 Å². The molecule has 3 aromatic rings. The van der Waals surface area contributed by atoms with Crippen LogP contribution >= 0.6 is 0 Å². The van der Waals surface area contributed by atoms with Crippen molar-refractivity contribution in [2.75, 3.05) is 25.5 Å². The molecule has 0 heterocycles. The van der Waals surface area contributed by atoms with Crippen molar-refractivity contribution < 1.29 is 22.3 Å². The van der Waals surface area contributed by atoms with Gasteiger partial charge in [0, 0.05) is 26.2 Å². The Morgan fingerprint density at radius 2 is 1.55 bits per heavy atom. The largest absolute Gasteiger partial charge is 0.497 e. The van der Waals surface area contributed by atoms with Crippen LogP contribution in [0.15, 0.2) is 72.8 Å². The molecule has 9 heteroatoms. The monoisotopic (exact) mass is 471 g/mol. The van der Waals surface area contributed by atoms with E-state index in [4.69, 9.17) is 4.74 Å². The molecule has 0 aliphatic carbocycles. The Hall–Kier alpha value is -3.43. The molecule has 0 saturated carbocycles. The number of hydrogen-bond donors (Lipinski definition) is 1. The molecule has 174 valence electrons. The summed E-state index contributed by atoms with van der Waals surface area (Å²) < 4.78 is 47.2. The lowest BCUT2D eigenvalue weighted by atomic mass is 10.1. The first-order valence-corrected chi connectivity index (χ1v) is 11.6. The molecule has 7 nitrogen and oxygen atoms in total. The number of para-hydroxylation sites is 1. The number of anilines is 1. The van der Waals surface area contributed by atoms with E-state index in [1.165, 1.54) is 32.3 Å². The van der Waals surface area contributed by atoms with E-state index in [9.17, 15) is 17.6 Å². The molecule has 0 radical (unpaired) electrons. The molecule has 0 bridgehead atoms. The standard InChI is InChI=1S/C24H26FN3O4S/c1-27(2)33(30,31)28(23-7-5-4-6-22(23)25)17-19-8-12-20(13-9-19)24(29)26-16-18-10-14-21(32-3)15-11-18/h4-15H,16-17H2,1-3H3,(H,26,29). The minimum Gasteiger partial charge on any atom is -0.497 e. The van der Waals surface area contributed by atoms with Gasteiger partial charge in [-0.3, -0.25) is 9.10 Å². The van der Waals surface area contributed by atoms with E-state index in [1.807, 2.05) is 24.3 Å². The van der Waals surface area contributed by atoms with Gasteiger partial charge in [0.25, 0.3) is 5.91 Å². The lowest BCUT2D eigenvalue weighted by molar-refractivity contribution is 0.0951. The molecule has 0 aliphatic heterocycles. The number of benzene rings is 3. The van der Waals surface area contributed by atoms with Crippen molar-refractivity contribution >= 4 is 21.8 Å². The van der Waals surface area contributed by atoms with Gasteiger partial charge in [-0.2, -0.15) is 12.7 Å². The first-order chi connectivity index (χ1) is 15.7. The van der Waals surface area contributed by atoms with Crippen LogP contribution in [0.1, 0.15) is 21.5 Å². The molecular formula is C24H26FN3O4S. The molecule has 0 unspecified atom stereocenters. The minimum atomic E-state index is -3.95. The van der Waals surface area contributed by atoms with Crippen LogP contribution in [-0.4, -0.2) is 39.8 Å². The van der Waals surface area contributed by atoms with Crippen LogP contribution in [0.25, 0.3) is 0 Å². The van der Waals surface area contributed by atoms with Gasteiger partial charge in [-0.1, -0.05) is 36.4 Å². The first-order valence-electron chi connectivity index (χ1n) is 10.2. The van der Waals surface area contributed by atoms with Gasteiger partial charge in [-0.25, -0.2) is 4.39 Å². The summed E-state index contributed by atoms with van der Waals surface area (Å²) in [4.78, 5) is 12.5. The Bertz CT molecular complexity index is 1200. The van der Waals surface area contributed by atoms with E-state index in [0.717, 1.165) is 19.9 Å². The van der Waals surface area contributed by atoms with Crippen molar-refractivity contribution in [3.8, 4) is 5.75 Å². The Kier molecular flexibility index (Phi) is 7.67. The lowest BCUT2D eigenvalue weighted by Gasteiger charge is -2.27. The second kappa shape index (κ2) is 10.5. The molecule has 0 spiro atoms. The number of carbonyl (C=O) groups excluding carboxylic acids is 1. The van der Waals surface area contributed by atoms with Crippen molar-refractivity contribution in [1.29, 1.82) is 0 Å². The summed E-state index contributed by atoms with van der Waals surface area (Å²) >= 11 is 0. The molecule has 33 heavy (non-hydrogen) atoms. The third kappa shape index (κ3) is 5.88. The zero-order chi connectivity index (χ0) is 24.0. The fourth-order valence-electron chi connectivity index (χ4n) is 3.10. The van der Waals surface area contributed by atoms with Gasteiger partial charge in [0.05, 0.1) is 19.3 Å². The van der Waals surface area contributed by atoms with E-state index < -0.39 is 16.0 Å². The van der Waals surface area contributed by atoms with Crippen LogP contribution in [0.2, 0.25) is 0 Å². The molecule has 0 aliphatic rings. The smallest absolute Gasteiger partial charge is 0.303 e. The maximum Gasteiger partial charge on any atom is 0.303 e. The van der Waals surface area contributed by atoms with Crippen molar-refractivity contribution in [2.24, 2.45) is 0 Å². The minimum absolute atomic E-state index is 0.0486. The van der Waals surface area contributed by atoms with E-state index in [-0.39, 0.29) is 18.1 Å². The number of carbonyl (C=O) groups is 1. The molecule has 0 atom stereocenters. The van der Waals surface area contributed by atoms with Gasteiger partial charge >= 0.3 is 10.2 Å². The van der Waals surface area contributed by atoms with E-state index in [1.54, 1.807) is 37.4 Å². The van der Waals surface area contributed by atoms with Gasteiger partial charge in [-0.05, 0) is 47.5 Å². The SMILES string of the molecule is COc1ccc(CNC(=O)c2ccc(CN(c3ccccc3F)S(=O)(=O)N(C)C)cc2)cc1. The van der Waals surface area contributed by atoms with Crippen LogP contribution in [-0.2, 0) is 23.3 Å². The number of hydrogen-bond acceptors (Lipinski definition) is 4. The van der Waals surface area contributed by atoms with E-state index in [2.05, 4.69) is 5.32 Å². The Balaban J connectivity index is 1.73. The fraction of sp³-hybridized carbons (Fsp3) is 0.208. The summed E-state index contributed by atoms with van der Waals surface area (Å²) in [6, 6.07) is 19.6. The molecule has 1 amide bonds. The van der Waals surface area contributed by atoms with Gasteiger partial charge < -0.3 is 10.1 Å². The van der Waals surface area contributed by atoms with Crippen molar-refractivity contribution in [1.82, 2.24) is 9.62 Å². The highest BCUT2D eigenvalue weighted by atomic mass is 32.2. The molecule has 0 fully saturated rings. The summed E-state index contributed by atoms with van der Waals surface area (Å²) in [5.41, 5.74) is 1.92. The molecule has 1 N–H and O–H groups in total. The summed E-state index contributed by atoms with van der Waals surface area (Å²) in [6.07, 6.45) is 0. The zero-order valence-electron chi connectivity index (χ0n) is 18.7. The Morgan fingerprint density at radius 1 is 0.939 bits per heavy atom. The quantitative estimate of drug-likeness (QED) is 0.518. The number of rotatable bonds is 9. The Labute approximate surface area is 193 Å². The summed E-state index contributed by atoms with van der Waals surface area (Å²) in [5, 5.41) is 2.84. The molecule has 3 aromatic carbocycles. The number of nitrogens with one attached hydrogen (secondary N) is 1. The number of methoxy groups -OCH3 is 1. The highest BCUT2D eigenvalue weighted by Gasteiger charge is 2.27. The maximum absolute atomic E-state index is 14.4. The van der Waals surface area contributed by atoms with Crippen LogP contribution in [0.4, 0.5) is 10.1 Å².